The Labute approximate surface area is 181 Å². The van der Waals surface area contributed by atoms with Gasteiger partial charge >= 0.3 is 0 Å². The maximum absolute atomic E-state index is 13.6. The van der Waals surface area contributed by atoms with E-state index in [0.29, 0.717) is 28.6 Å². The Balaban J connectivity index is 1.83. The minimum atomic E-state index is -0.659. The smallest absolute Gasteiger partial charge is 0.226 e. The third kappa shape index (κ3) is 3.67. The van der Waals surface area contributed by atoms with Gasteiger partial charge in [-0.1, -0.05) is 19.1 Å². The Morgan fingerprint density at radius 3 is 2.71 bits per heavy atom. The molecule has 31 heavy (non-hydrogen) atoms. The molecule has 0 radical (unpaired) electrons. The topological polar surface area (TPSA) is 82.5 Å². The number of methoxy groups -OCH3 is 2. The van der Waals surface area contributed by atoms with Crippen LogP contribution in [-0.4, -0.2) is 35.7 Å². The van der Waals surface area contributed by atoms with Gasteiger partial charge in [0.05, 0.1) is 37.1 Å². The second kappa shape index (κ2) is 8.26. The number of hydrogen-bond donors (Lipinski definition) is 1. The molecule has 4 rings (SSSR count). The minimum Gasteiger partial charge on any atom is -0.497 e. The van der Waals surface area contributed by atoms with Gasteiger partial charge in [0.2, 0.25) is 5.91 Å². The van der Waals surface area contributed by atoms with Crippen LogP contribution in [0.3, 0.4) is 0 Å². The van der Waals surface area contributed by atoms with Crippen LogP contribution in [0.25, 0.3) is 5.69 Å². The molecule has 1 N–H and O–H groups in total. The second-order valence-corrected chi connectivity index (χ2v) is 7.52. The van der Waals surface area contributed by atoms with Gasteiger partial charge in [0.1, 0.15) is 17.3 Å². The van der Waals surface area contributed by atoms with Crippen molar-refractivity contribution in [2.24, 2.45) is 0 Å². The molecule has 2 aromatic carbocycles. The van der Waals surface area contributed by atoms with Crippen molar-refractivity contribution in [3.05, 3.63) is 64.8 Å². The number of carbonyl (C=O) groups is 2. The molecule has 1 amide bonds. The number of aryl methyl sites for hydroxylation is 2. The summed E-state index contributed by atoms with van der Waals surface area (Å²) in [6.07, 6.45) is 0.938. The van der Waals surface area contributed by atoms with Crippen LogP contribution < -0.4 is 14.8 Å². The summed E-state index contributed by atoms with van der Waals surface area (Å²) in [6, 6.07) is 13.1. The molecule has 3 aromatic rings. The van der Waals surface area contributed by atoms with E-state index in [1.54, 1.807) is 30.0 Å². The van der Waals surface area contributed by atoms with E-state index in [1.165, 1.54) is 7.11 Å². The summed E-state index contributed by atoms with van der Waals surface area (Å²) < 4.78 is 12.4. The van der Waals surface area contributed by atoms with E-state index in [0.717, 1.165) is 23.2 Å². The molecule has 1 aromatic heterocycles. The molecule has 160 valence electrons. The van der Waals surface area contributed by atoms with Gasteiger partial charge in [-0.2, -0.15) is 5.10 Å². The molecule has 0 saturated carbocycles. The number of ether oxygens (including phenoxy) is 2. The first-order valence-corrected chi connectivity index (χ1v) is 10.2. The molecule has 1 atom stereocenters. The summed E-state index contributed by atoms with van der Waals surface area (Å²) in [4.78, 5) is 26.2. The number of amides is 1. The third-order valence-electron chi connectivity index (χ3n) is 5.65. The number of fused-ring (bicyclic) bond motifs is 1. The lowest BCUT2D eigenvalue weighted by Gasteiger charge is -2.24. The van der Waals surface area contributed by atoms with E-state index in [-0.39, 0.29) is 18.1 Å². The second-order valence-electron chi connectivity index (χ2n) is 7.52. The van der Waals surface area contributed by atoms with E-state index in [9.17, 15) is 9.59 Å². The summed E-state index contributed by atoms with van der Waals surface area (Å²) in [5, 5.41) is 7.59. The molecule has 7 heteroatoms. The summed E-state index contributed by atoms with van der Waals surface area (Å²) in [5.74, 6) is 0.458. The average molecular weight is 419 g/mol. The van der Waals surface area contributed by atoms with E-state index >= 15 is 0 Å². The maximum Gasteiger partial charge on any atom is 0.226 e. The van der Waals surface area contributed by atoms with Crippen molar-refractivity contribution in [1.82, 2.24) is 9.78 Å². The highest BCUT2D eigenvalue weighted by molar-refractivity contribution is 6.09. The molecule has 0 unspecified atom stereocenters. The maximum atomic E-state index is 13.6. The molecule has 0 fully saturated rings. The number of nitrogens with one attached hydrogen (secondary N) is 1. The monoisotopic (exact) mass is 419 g/mol. The minimum absolute atomic E-state index is 0.0493. The standard InChI is InChI=1S/C24H25N3O4/c1-5-15-7-6-8-16(11-15)27-24-22(14(2)26-27)19(13-21(28)25-24)23(29)18-12-17(30-3)9-10-20(18)31-4/h6-12,19H,5,13H2,1-4H3,(H,25,28)/t19-/m1/s1. The number of benzene rings is 2. The van der Waals surface area contributed by atoms with Crippen molar-refractivity contribution in [1.29, 1.82) is 0 Å². The number of anilines is 1. The lowest BCUT2D eigenvalue weighted by molar-refractivity contribution is -0.116. The fourth-order valence-electron chi connectivity index (χ4n) is 4.06. The van der Waals surface area contributed by atoms with Gasteiger partial charge in [0, 0.05) is 12.0 Å². The first-order chi connectivity index (χ1) is 15.0. The highest BCUT2D eigenvalue weighted by atomic mass is 16.5. The fraction of sp³-hybridized carbons (Fsp3) is 0.292. The largest absolute Gasteiger partial charge is 0.497 e. The lowest BCUT2D eigenvalue weighted by atomic mass is 9.85. The van der Waals surface area contributed by atoms with Crippen molar-refractivity contribution < 1.29 is 19.1 Å². The molecule has 0 bridgehead atoms. The van der Waals surface area contributed by atoms with Crippen molar-refractivity contribution in [3.8, 4) is 17.2 Å². The predicted molar refractivity (Wildman–Crippen MR) is 118 cm³/mol. The highest BCUT2D eigenvalue weighted by Crippen LogP contribution is 2.40. The third-order valence-corrected chi connectivity index (χ3v) is 5.65. The summed E-state index contributed by atoms with van der Waals surface area (Å²) in [7, 11) is 3.06. The van der Waals surface area contributed by atoms with E-state index < -0.39 is 5.92 Å². The highest BCUT2D eigenvalue weighted by Gasteiger charge is 2.37. The predicted octanol–water partition coefficient (Wildman–Crippen LogP) is 4.07. The summed E-state index contributed by atoms with van der Waals surface area (Å²) >= 11 is 0. The molecule has 2 heterocycles. The van der Waals surface area contributed by atoms with Crippen LogP contribution in [0.1, 0.15) is 46.4 Å². The Morgan fingerprint density at radius 1 is 1.19 bits per heavy atom. The number of hydrogen-bond acceptors (Lipinski definition) is 5. The molecule has 0 aliphatic carbocycles. The van der Waals surface area contributed by atoms with Gasteiger partial charge in [-0.25, -0.2) is 4.68 Å². The first-order valence-electron chi connectivity index (χ1n) is 10.2. The van der Waals surface area contributed by atoms with Crippen LogP contribution in [-0.2, 0) is 11.2 Å². The van der Waals surface area contributed by atoms with Crippen molar-refractivity contribution >= 4 is 17.5 Å². The zero-order chi connectivity index (χ0) is 22.1. The van der Waals surface area contributed by atoms with Crippen LogP contribution in [0.5, 0.6) is 11.5 Å². The number of carbonyl (C=O) groups excluding carboxylic acids is 2. The molecular weight excluding hydrogens is 394 g/mol. The van der Waals surface area contributed by atoms with Crippen LogP contribution in [0, 0.1) is 6.92 Å². The van der Waals surface area contributed by atoms with Crippen LogP contribution >= 0.6 is 0 Å². The number of nitrogens with zero attached hydrogens (tertiary/aromatic N) is 2. The van der Waals surface area contributed by atoms with Crippen molar-refractivity contribution in [2.75, 3.05) is 19.5 Å². The zero-order valence-electron chi connectivity index (χ0n) is 18.1. The Bertz CT molecular complexity index is 1170. The summed E-state index contributed by atoms with van der Waals surface area (Å²) in [6.45, 7) is 3.94. The van der Waals surface area contributed by atoms with Gasteiger partial charge in [-0.3, -0.25) is 9.59 Å². The number of Topliss-reactive ketones (excluding diaryl/α,β-unsaturated/α-hetero) is 1. The molecule has 0 saturated heterocycles. The van der Waals surface area contributed by atoms with Gasteiger partial charge in [-0.05, 0) is 49.2 Å². The number of ketones is 1. The van der Waals surface area contributed by atoms with Gasteiger partial charge < -0.3 is 14.8 Å². The zero-order valence-corrected chi connectivity index (χ0v) is 18.1. The van der Waals surface area contributed by atoms with E-state index in [4.69, 9.17) is 9.47 Å². The van der Waals surface area contributed by atoms with Gasteiger partial charge in [-0.15, -0.1) is 0 Å². The SMILES string of the molecule is CCc1cccc(-n2nc(C)c3c2NC(=O)C[C@H]3C(=O)c2cc(OC)ccc2OC)c1. The van der Waals surface area contributed by atoms with Crippen LogP contribution in [0.4, 0.5) is 5.82 Å². The summed E-state index contributed by atoms with van der Waals surface area (Å²) in [5.41, 5.74) is 3.83. The van der Waals surface area contributed by atoms with Crippen LogP contribution in [0.2, 0.25) is 0 Å². The van der Waals surface area contributed by atoms with Crippen LogP contribution in [0.15, 0.2) is 42.5 Å². The Morgan fingerprint density at radius 2 is 2.00 bits per heavy atom. The van der Waals surface area contributed by atoms with Gasteiger partial charge in [0.25, 0.3) is 0 Å². The van der Waals surface area contributed by atoms with Gasteiger partial charge in [0.15, 0.2) is 5.78 Å². The Hall–Kier alpha value is -3.61. The van der Waals surface area contributed by atoms with Crippen molar-refractivity contribution in [2.45, 2.75) is 32.6 Å². The molecule has 1 aliphatic heterocycles. The molecule has 0 spiro atoms. The molecular formula is C24H25N3O4. The van der Waals surface area contributed by atoms with E-state index in [1.807, 2.05) is 31.2 Å². The quantitative estimate of drug-likeness (QED) is 0.609. The van der Waals surface area contributed by atoms with Crippen molar-refractivity contribution in [3.63, 3.8) is 0 Å². The fourth-order valence-corrected chi connectivity index (χ4v) is 4.06. The van der Waals surface area contributed by atoms with E-state index in [2.05, 4.69) is 17.3 Å². The number of aromatic nitrogens is 2. The average Bonchev–Trinajstić information content (AvgIpc) is 3.13. The lowest BCUT2D eigenvalue weighted by Crippen LogP contribution is -2.28. The first kappa shape index (κ1) is 20.7. The normalized spacial score (nSPS) is 15.2. The molecule has 1 aliphatic rings. The number of rotatable bonds is 6. The molecule has 7 nitrogen and oxygen atoms in total. The Kier molecular flexibility index (Phi) is 5.50.